The third-order valence-corrected chi connectivity index (χ3v) is 3.57. The Morgan fingerprint density at radius 2 is 1.96 bits per heavy atom. The molecule has 0 bridgehead atoms. The summed E-state index contributed by atoms with van der Waals surface area (Å²) >= 11 is 0. The van der Waals surface area contributed by atoms with E-state index in [0.717, 1.165) is 34.9 Å². The molecule has 1 aromatic carbocycles. The van der Waals surface area contributed by atoms with Crippen molar-refractivity contribution in [3.8, 4) is 17.0 Å². The average molecular weight is 321 g/mol. The zero-order valence-electron chi connectivity index (χ0n) is 13.7. The monoisotopic (exact) mass is 321 g/mol. The van der Waals surface area contributed by atoms with Gasteiger partial charge in [-0.2, -0.15) is 0 Å². The van der Waals surface area contributed by atoms with Gasteiger partial charge in [-0.05, 0) is 31.2 Å². The highest BCUT2D eigenvalue weighted by Crippen LogP contribution is 2.27. The van der Waals surface area contributed by atoms with Gasteiger partial charge >= 0.3 is 0 Å². The maximum absolute atomic E-state index is 5.36. The number of hydrogen-bond donors (Lipinski definition) is 1. The Balaban J connectivity index is 1.68. The molecule has 122 valence electrons. The van der Waals surface area contributed by atoms with Crippen LogP contribution in [0.2, 0.25) is 0 Å². The number of para-hydroxylation sites is 1. The van der Waals surface area contributed by atoms with Crippen molar-refractivity contribution in [3.63, 3.8) is 0 Å². The van der Waals surface area contributed by atoms with Crippen LogP contribution in [0, 0.1) is 0 Å². The van der Waals surface area contributed by atoms with Gasteiger partial charge in [0.05, 0.1) is 18.5 Å². The Morgan fingerprint density at radius 1 is 1.08 bits per heavy atom. The quantitative estimate of drug-likeness (QED) is 0.752. The molecule has 0 aliphatic heterocycles. The molecule has 6 heteroatoms. The number of hydrogen-bond acceptors (Lipinski definition) is 6. The molecular formula is C18H19N5O. The molecule has 6 nitrogen and oxygen atoms in total. The summed E-state index contributed by atoms with van der Waals surface area (Å²) in [5.74, 6) is 1.51. The molecule has 0 spiro atoms. The summed E-state index contributed by atoms with van der Waals surface area (Å²) in [5.41, 5.74) is 2.64. The number of nitrogens with one attached hydrogen (secondary N) is 1. The van der Waals surface area contributed by atoms with Crippen molar-refractivity contribution in [1.82, 2.24) is 20.2 Å². The Labute approximate surface area is 141 Å². The maximum atomic E-state index is 5.36. The van der Waals surface area contributed by atoms with Gasteiger partial charge in [-0.25, -0.2) is 0 Å². The lowest BCUT2D eigenvalue weighted by atomic mass is 10.1. The van der Waals surface area contributed by atoms with Crippen molar-refractivity contribution in [2.45, 2.75) is 19.4 Å². The second kappa shape index (κ2) is 7.50. The number of anilines is 1. The van der Waals surface area contributed by atoms with Gasteiger partial charge in [0.15, 0.2) is 0 Å². The first-order valence-corrected chi connectivity index (χ1v) is 7.75. The summed E-state index contributed by atoms with van der Waals surface area (Å²) in [6.07, 6.45) is 5.91. The van der Waals surface area contributed by atoms with E-state index in [4.69, 9.17) is 4.74 Å². The highest BCUT2D eigenvalue weighted by Gasteiger charge is 2.09. The fourth-order valence-electron chi connectivity index (χ4n) is 2.46. The van der Waals surface area contributed by atoms with Crippen LogP contribution in [0.1, 0.15) is 12.6 Å². The van der Waals surface area contributed by atoms with Crippen LogP contribution in [0.15, 0.2) is 55.0 Å². The number of methoxy groups -OCH3 is 1. The zero-order chi connectivity index (χ0) is 16.8. The minimum absolute atomic E-state index is 0.174. The predicted octanol–water partition coefficient (Wildman–Crippen LogP) is 2.99. The molecule has 3 rings (SSSR count). The second-order valence-corrected chi connectivity index (χ2v) is 5.45. The fraction of sp³-hybridized carbons (Fsp3) is 0.222. The van der Waals surface area contributed by atoms with Crippen molar-refractivity contribution < 1.29 is 4.74 Å². The molecule has 2 aromatic heterocycles. The lowest BCUT2D eigenvalue weighted by Gasteiger charge is -2.14. The molecule has 3 aromatic rings. The minimum atomic E-state index is 0.174. The van der Waals surface area contributed by atoms with Crippen LogP contribution in [0.5, 0.6) is 5.75 Å². The normalized spacial score (nSPS) is 11.8. The fourth-order valence-corrected chi connectivity index (χ4v) is 2.46. The number of aromatic nitrogens is 4. The molecule has 0 radical (unpaired) electrons. The average Bonchev–Trinajstić information content (AvgIpc) is 2.63. The van der Waals surface area contributed by atoms with E-state index < -0.39 is 0 Å². The van der Waals surface area contributed by atoms with Crippen LogP contribution in [0.3, 0.4) is 0 Å². The highest BCUT2D eigenvalue weighted by atomic mass is 16.5. The minimum Gasteiger partial charge on any atom is -0.496 e. The standard InChI is InChI=1S/C18H19N5O/c1-13(11-14-12-19-9-10-20-14)21-18-8-7-16(22-23-18)15-5-3-4-6-17(15)24-2/h3-10,12-13H,11H2,1-2H3,(H,21,23)/t13-/m0/s1. The molecule has 0 saturated carbocycles. The summed E-state index contributed by atoms with van der Waals surface area (Å²) in [7, 11) is 1.65. The third-order valence-electron chi connectivity index (χ3n) is 3.57. The van der Waals surface area contributed by atoms with E-state index in [9.17, 15) is 0 Å². The van der Waals surface area contributed by atoms with Crippen LogP contribution in [-0.2, 0) is 6.42 Å². The van der Waals surface area contributed by atoms with Crippen LogP contribution in [0.25, 0.3) is 11.3 Å². The molecule has 24 heavy (non-hydrogen) atoms. The molecule has 1 N–H and O–H groups in total. The van der Waals surface area contributed by atoms with Gasteiger partial charge in [0, 0.05) is 36.6 Å². The SMILES string of the molecule is COc1ccccc1-c1ccc(N[C@@H](C)Cc2cnccn2)nn1. The summed E-state index contributed by atoms with van der Waals surface area (Å²) in [5, 5.41) is 11.9. The first kappa shape index (κ1) is 15.9. The lowest BCUT2D eigenvalue weighted by Crippen LogP contribution is -2.19. The summed E-state index contributed by atoms with van der Waals surface area (Å²) < 4.78 is 5.36. The lowest BCUT2D eigenvalue weighted by molar-refractivity contribution is 0.416. The van der Waals surface area contributed by atoms with Gasteiger partial charge in [0.25, 0.3) is 0 Å². The van der Waals surface area contributed by atoms with Crippen molar-refractivity contribution >= 4 is 5.82 Å². The van der Waals surface area contributed by atoms with E-state index in [2.05, 4.69) is 32.4 Å². The predicted molar refractivity (Wildman–Crippen MR) is 92.8 cm³/mol. The van der Waals surface area contributed by atoms with Crippen LogP contribution in [0.4, 0.5) is 5.82 Å². The number of nitrogens with zero attached hydrogens (tertiary/aromatic N) is 4. The molecular weight excluding hydrogens is 302 g/mol. The summed E-state index contributed by atoms with van der Waals surface area (Å²) in [4.78, 5) is 8.36. The molecule has 0 fully saturated rings. The van der Waals surface area contributed by atoms with Crippen LogP contribution >= 0.6 is 0 Å². The molecule has 0 unspecified atom stereocenters. The molecule has 0 saturated heterocycles. The van der Waals surface area contributed by atoms with Crippen molar-refractivity contribution in [1.29, 1.82) is 0 Å². The van der Waals surface area contributed by atoms with Gasteiger partial charge in [-0.3, -0.25) is 9.97 Å². The Hall–Kier alpha value is -3.02. The van der Waals surface area contributed by atoms with E-state index in [0.29, 0.717) is 0 Å². The highest BCUT2D eigenvalue weighted by molar-refractivity contribution is 5.67. The van der Waals surface area contributed by atoms with E-state index >= 15 is 0 Å². The summed E-state index contributed by atoms with van der Waals surface area (Å²) in [6.45, 7) is 2.07. The van der Waals surface area contributed by atoms with Crippen molar-refractivity contribution in [3.05, 3.63) is 60.7 Å². The number of rotatable bonds is 6. The Morgan fingerprint density at radius 3 is 2.67 bits per heavy atom. The molecule has 0 aliphatic rings. The first-order valence-electron chi connectivity index (χ1n) is 7.75. The van der Waals surface area contributed by atoms with E-state index in [1.807, 2.05) is 36.4 Å². The van der Waals surface area contributed by atoms with Crippen LogP contribution in [-0.4, -0.2) is 33.3 Å². The van der Waals surface area contributed by atoms with Gasteiger partial charge in [-0.15, -0.1) is 10.2 Å². The van der Waals surface area contributed by atoms with Crippen LogP contribution < -0.4 is 10.1 Å². The van der Waals surface area contributed by atoms with Gasteiger partial charge in [-0.1, -0.05) is 12.1 Å². The van der Waals surface area contributed by atoms with Gasteiger partial charge in [0.1, 0.15) is 11.6 Å². The smallest absolute Gasteiger partial charge is 0.148 e. The van der Waals surface area contributed by atoms with Crippen molar-refractivity contribution in [2.24, 2.45) is 0 Å². The number of benzene rings is 1. The Kier molecular flexibility index (Phi) is 4.96. The second-order valence-electron chi connectivity index (χ2n) is 5.45. The van der Waals surface area contributed by atoms with E-state index in [1.54, 1.807) is 25.7 Å². The Bertz CT molecular complexity index is 777. The molecule has 1 atom stereocenters. The van der Waals surface area contributed by atoms with E-state index in [1.165, 1.54) is 0 Å². The van der Waals surface area contributed by atoms with Gasteiger partial charge in [0.2, 0.25) is 0 Å². The maximum Gasteiger partial charge on any atom is 0.148 e. The van der Waals surface area contributed by atoms with Crippen molar-refractivity contribution in [2.75, 3.05) is 12.4 Å². The zero-order valence-corrected chi connectivity index (χ0v) is 13.7. The molecule has 0 aliphatic carbocycles. The summed E-state index contributed by atoms with van der Waals surface area (Å²) in [6, 6.07) is 11.8. The third kappa shape index (κ3) is 3.84. The number of ether oxygens (including phenoxy) is 1. The molecule has 2 heterocycles. The first-order chi connectivity index (χ1) is 11.8. The van der Waals surface area contributed by atoms with E-state index in [-0.39, 0.29) is 6.04 Å². The topological polar surface area (TPSA) is 72.8 Å². The largest absolute Gasteiger partial charge is 0.496 e. The van der Waals surface area contributed by atoms with Gasteiger partial charge < -0.3 is 10.1 Å². The molecule has 0 amide bonds.